The van der Waals surface area contributed by atoms with Crippen LogP contribution in [0, 0.1) is 11.3 Å². The second-order valence-corrected chi connectivity index (χ2v) is 10.5. The van der Waals surface area contributed by atoms with Crippen LogP contribution in [-0.4, -0.2) is 67.9 Å². The molecule has 3 fully saturated rings. The number of carbonyl (C=O) groups is 1. The first kappa shape index (κ1) is 20.6. The van der Waals surface area contributed by atoms with Crippen molar-refractivity contribution in [2.75, 3.05) is 19.6 Å². The number of piperidine rings is 2. The summed E-state index contributed by atoms with van der Waals surface area (Å²) in [5.74, 6) is 3.33. The van der Waals surface area contributed by atoms with E-state index < -0.39 is 6.09 Å². The Bertz CT molecular complexity index is 708. The van der Waals surface area contributed by atoms with E-state index in [1.165, 1.54) is 25.7 Å². The predicted molar refractivity (Wildman–Crippen MR) is 112 cm³/mol. The minimum atomic E-state index is -0.777. The largest absolute Gasteiger partial charge is 0.465 e. The zero-order valence-electron chi connectivity index (χ0n) is 18.2. The Morgan fingerprint density at radius 1 is 1.14 bits per heavy atom. The lowest BCUT2D eigenvalue weighted by molar-refractivity contribution is 0.0123. The number of hydrogen-bond donors (Lipinski definition) is 2. The van der Waals surface area contributed by atoms with E-state index >= 15 is 0 Å². The van der Waals surface area contributed by atoms with E-state index in [0.717, 1.165) is 56.3 Å². The lowest BCUT2D eigenvalue weighted by Gasteiger charge is -2.48. The molecule has 3 heterocycles. The first-order valence-corrected chi connectivity index (χ1v) is 11.5. The van der Waals surface area contributed by atoms with Gasteiger partial charge in [-0.1, -0.05) is 40.0 Å². The Labute approximate surface area is 174 Å². The number of aromatic nitrogens is 3. The molecule has 3 atom stereocenters. The molecule has 29 heavy (non-hydrogen) atoms. The van der Waals surface area contributed by atoms with E-state index in [0.29, 0.717) is 18.5 Å². The molecular formula is C22H37N5O2. The summed E-state index contributed by atoms with van der Waals surface area (Å²) in [5.41, 5.74) is -0.0480. The number of likely N-dealkylation sites (tertiary alicyclic amines) is 2. The zero-order chi connectivity index (χ0) is 20.6. The Hall–Kier alpha value is -1.63. The average molecular weight is 404 g/mol. The fraction of sp³-hybridized carbons (Fsp3) is 0.864. The van der Waals surface area contributed by atoms with Gasteiger partial charge in [0.2, 0.25) is 0 Å². The van der Waals surface area contributed by atoms with Crippen molar-refractivity contribution in [2.45, 2.75) is 90.1 Å². The molecule has 0 radical (unpaired) electrons. The molecule has 2 aliphatic heterocycles. The fourth-order valence-corrected chi connectivity index (χ4v) is 5.45. The van der Waals surface area contributed by atoms with Crippen LogP contribution in [-0.2, 0) is 6.42 Å². The first-order valence-electron chi connectivity index (χ1n) is 11.5. The third-order valence-electron chi connectivity index (χ3n) is 7.43. The van der Waals surface area contributed by atoms with E-state index in [2.05, 4.69) is 40.9 Å². The standard InChI is InChI=1S/C22H37N5O2/c1-22(2,3)18-13-17(9-11-27(18)21(28)29)26-10-5-8-16(14-26)20-23-19(24-25-20)12-15-6-4-7-15/h15-18H,4-14H2,1-3H3,(H,28,29)(H,23,24,25). The van der Waals surface area contributed by atoms with Crippen LogP contribution in [0.4, 0.5) is 4.79 Å². The second-order valence-electron chi connectivity index (χ2n) is 10.5. The lowest BCUT2D eigenvalue weighted by atomic mass is 9.78. The third-order valence-corrected chi connectivity index (χ3v) is 7.43. The Balaban J connectivity index is 1.39. The van der Waals surface area contributed by atoms with E-state index in [1.807, 2.05) is 0 Å². The van der Waals surface area contributed by atoms with Gasteiger partial charge in [-0.2, -0.15) is 0 Å². The number of carboxylic acid groups (broad SMARTS) is 1. The molecule has 3 unspecified atom stereocenters. The molecule has 1 aromatic heterocycles. The Morgan fingerprint density at radius 2 is 1.93 bits per heavy atom. The van der Waals surface area contributed by atoms with Gasteiger partial charge < -0.3 is 15.0 Å². The molecule has 2 saturated heterocycles. The minimum Gasteiger partial charge on any atom is -0.465 e. The van der Waals surface area contributed by atoms with E-state index in [1.54, 1.807) is 4.90 Å². The van der Waals surface area contributed by atoms with Crippen LogP contribution in [0.2, 0.25) is 0 Å². The van der Waals surface area contributed by atoms with Crippen LogP contribution in [0.1, 0.15) is 83.3 Å². The molecule has 162 valence electrons. The van der Waals surface area contributed by atoms with Gasteiger partial charge in [0.25, 0.3) is 0 Å². The SMILES string of the molecule is CC(C)(C)C1CC(N2CCCC(c3nnc(CC4CCC4)[nH]3)C2)CCN1C(=O)O. The summed E-state index contributed by atoms with van der Waals surface area (Å²) >= 11 is 0. The normalized spacial score (nSPS) is 29.6. The van der Waals surface area contributed by atoms with Crippen LogP contribution < -0.4 is 0 Å². The Morgan fingerprint density at radius 3 is 2.59 bits per heavy atom. The highest BCUT2D eigenvalue weighted by Crippen LogP contribution is 2.36. The topological polar surface area (TPSA) is 85.4 Å². The van der Waals surface area contributed by atoms with E-state index in [9.17, 15) is 9.90 Å². The van der Waals surface area contributed by atoms with Gasteiger partial charge in [0, 0.05) is 37.5 Å². The maximum absolute atomic E-state index is 11.7. The van der Waals surface area contributed by atoms with Crippen molar-refractivity contribution in [3.63, 3.8) is 0 Å². The van der Waals surface area contributed by atoms with Crippen LogP contribution in [0.25, 0.3) is 0 Å². The molecule has 0 spiro atoms. The van der Waals surface area contributed by atoms with Crippen LogP contribution in [0.15, 0.2) is 0 Å². The molecule has 1 aromatic rings. The summed E-state index contributed by atoms with van der Waals surface area (Å²) in [4.78, 5) is 19.5. The van der Waals surface area contributed by atoms with Crippen molar-refractivity contribution < 1.29 is 9.90 Å². The molecule has 3 aliphatic rings. The monoisotopic (exact) mass is 403 g/mol. The molecule has 0 bridgehead atoms. The molecule has 7 nitrogen and oxygen atoms in total. The quantitative estimate of drug-likeness (QED) is 0.797. The van der Waals surface area contributed by atoms with Crippen molar-refractivity contribution in [2.24, 2.45) is 11.3 Å². The van der Waals surface area contributed by atoms with Gasteiger partial charge in [0.05, 0.1) is 0 Å². The maximum atomic E-state index is 11.7. The van der Waals surface area contributed by atoms with Crippen molar-refractivity contribution in [1.29, 1.82) is 0 Å². The summed E-state index contributed by atoms with van der Waals surface area (Å²) < 4.78 is 0. The van der Waals surface area contributed by atoms with Crippen LogP contribution in [0.3, 0.4) is 0 Å². The summed E-state index contributed by atoms with van der Waals surface area (Å²) in [6.45, 7) is 9.23. The van der Waals surface area contributed by atoms with Crippen LogP contribution in [0.5, 0.6) is 0 Å². The number of H-pyrrole nitrogens is 1. The van der Waals surface area contributed by atoms with Gasteiger partial charge in [0.1, 0.15) is 11.6 Å². The highest BCUT2D eigenvalue weighted by Gasteiger charge is 2.41. The van der Waals surface area contributed by atoms with Gasteiger partial charge >= 0.3 is 6.09 Å². The molecule has 0 aromatic carbocycles. The fourth-order valence-electron chi connectivity index (χ4n) is 5.45. The summed E-state index contributed by atoms with van der Waals surface area (Å²) in [6, 6.07) is 0.522. The molecule has 2 N–H and O–H groups in total. The Kier molecular flexibility index (Phi) is 5.87. The van der Waals surface area contributed by atoms with Crippen molar-refractivity contribution >= 4 is 6.09 Å². The summed E-state index contributed by atoms with van der Waals surface area (Å²) in [6.07, 6.45) is 8.47. The van der Waals surface area contributed by atoms with Gasteiger partial charge in [-0.05, 0) is 43.6 Å². The van der Waals surface area contributed by atoms with E-state index in [-0.39, 0.29) is 11.5 Å². The second kappa shape index (κ2) is 8.25. The summed E-state index contributed by atoms with van der Waals surface area (Å²) in [5, 5.41) is 18.6. The van der Waals surface area contributed by atoms with Gasteiger partial charge in [-0.3, -0.25) is 4.90 Å². The smallest absolute Gasteiger partial charge is 0.407 e. The molecule has 1 amide bonds. The number of amides is 1. The maximum Gasteiger partial charge on any atom is 0.407 e. The lowest BCUT2D eigenvalue weighted by Crippen LogP contribution is -2.57. The van der Waals surface area contributed by atoms with Crippen molar-refractivity contribution in [1.82, 2.24) is 25.0 Å². The number of hydrogen-bond acceptors (Lipinski definition) is 4. The average Bonchev–Trinajstić information content (AvgIpc) is 3.12. The number of nitrogens with zero attached hydrogens (tertiary/aromatic N) is 4. The van der Waals surface area contributed by atoms with Gasteiger partial charge in [0.15, 0.2) is 0 Å². The highest BCUT2D eigenvalue weighted by atomic mass is 16.4. The number of aromatic amines is 1. The predicted octanol–water partition coefficient (Wildman–Crippen LogP) is 3.88. The minimum absolute atomic E-state index is 0.0480. The van der Waals surface area contributed by atoms with Gasteiger partial charge in [-0.15, -0.1) is 10.2 Å². The molecule has 1 aliphatic carbocycles. The first-order chi connectivity index (χ1) is 13.8. The van der Waals surface area contributed by atoms with E-state index in [4.69, 9.17) is 0 Å². The van der Waals surface area contributed by atoms with Crippen molar-refractivity contribution in [3.8, 4) is 0 Å². The summed E-state index contributed by atoms with van der Waals surface area (Å²) in [7, 11) is 0. The highest BCUT2D eigenvalue weighted by molar-refractivity contribution is 5.65. The molecule has 4 rings (SSSR count). The third kappa shape index (κ3) is 4.60. The molecular weight excluding hydrogens is 366 g/mol. The van der Waals surface area contributed by atoms with Gasteiger partial charge in [-0.25, -0.2) is 4.79 Å². The van der Waals surface area contributed by atoms with Crippen molar-refractivity contribution in [3.05, 3.63) is 11.6 Å². The number of nitrogens with one attached hydrogen (secondary N) is 1. The molecule has 7 heteroatoms. The zero-order valence-corrected chi connectivity index (χ0v) is 18.2. The molecule has 1 saturated carbocycles. The van der Waals surface area contributed by atoms with Crippen LogP contribution >= 0.6 is 0 Å². The number of rotatable bonds is 4.